The fourth-order valence-electron chi connectivity index (χ4n) is 8.93. The van der Waals surface area contributed by atoms with Crippen LogP contribution >= 0.6 is 0 Å². The van der Waals surface area contributed by atoms with E-state index in [4.69, 9.17) is 28.4 Å². The van der Waals surface area contributed by atoms with Crippen LogP contribution in [0.2, 0.25) is 0 Å². The van der Waals surface area contributed by atoms with Crippen molar-refractivity contribution in [3.05, 3.63) is 48.1 Å². The van der Waals surface area contributed by atoms with Crippen molar-refractivity contribution in [2.75, 3.05) is 0 Å². The van der Waals surface area contributed by atoms with Gasteiger partial charge in [-0.25, -0.2) is 0 Å². The third-order valence-corrected chi connectivity index (χ3v) is 12.2. The molecule has 13 unspecified atom stereocenters. The molecule has 50 heavy (non-hydrogen) atoms. The molecule has 1 N–H and O–H groups in total. The van der Waals surface area contributed by atoms with Crippen molar-refractivity contribution in [3.8, 4) is 0 Å². The molecule has 0 amide bonds. The number of aliphatic hydroxyl groups is 1. The molecule has 13 atom stereocenters. The van der Waals surface area contributed by atoms with E-state index in [1.54, 1.807) is 12.2 Å². The van der Waals surface area contributed by atoms with Crippen LogP contribution in [0.5, 0.6) is 0 Å². The summed E-state index contributed by atoms with van der Waals surface area (Å²) in [7, 11) is 0. The van der Waals surface area contributed by atoms with Crippen LogP contribution in [0, 0.1) is 5.92 Å². The summed E-state index contributed by atoms with van der Waals surface area (Å²) in [5.74, 6) is -0.0847. The van der Waals surface area contributed by atoms with Gasteiger partial charge in [0.25, 0.3) is 0 Å². The zero-order valence-corrected chi connectivity index (χ0v) is 31.4. The fraction of sp³-hybridized carbons (Fsp3) is 0.756. The number of carbonyl (C=O) groups is 2. The van der Waals surface area contributed by atoms with Crippen LogP contribution in [0.15, 0.2) is 48.1 Å². The topological polar surface area (TPSA) is 110 Å². The van der Waals surface area contributed by atoms with Gasteiger partial charge in [0.05, 0.1) is 59.5 Å². The number of fused-ring (bicyclic) bond motifs is 4. The highest BCUT2D eigenvalue weighted by Gasteiger charge is 2.59. The lowest BCUT2D eigenvalue weighted by Gasteiger charge is -2.49. The van der Waals surface area contributed by atoms with Crippen molar-refractivity contribution in [1.29, 1.82) is 0 Å². The highest BCUT2D eigenvalue weighted by Crippen LogP contribution is 2.49. The van der Waals surface area contributed by atoms with Gasteiger partial charge in [-0.15, -0.1) is 0 Å². The molecule has 0 spiro atoms. The number of carbonyl (C=O) groups excluding carboxylic acids is 2. The van der Waals surface area contributed by atoms with E-state index >= 15 is 0 Å². The molecular weight excluding hydrogens is 636 g/mol. The largest absolute Gasteiger partial charge is 0.460 e. The number of allylic oxidation sites excluding steroid dienone is 7. The summed E-state index contributed by atoms with van der Waals surface area (Å²) in [5, 5.41) is 11.4. The van der Waals surface area contributed by atoms with E-state index in [0.29, 0.717) is 32.1 Å². The number of aldehydes is 1. The third kappa shape index (κ3) is 8.89. The number of rotatable bonds is 10. The van der Waals surface area contributed by atoms with Crippen LogP contribution in [0.3, 0.4) is 0 Å². The van der Waals surface area contributed by atoms with Crippen molar-refractivity contribution in [2.45, 2.75) is 191 Å². The Balaban J connectivity index is 1.33. The van der Waals surface area contributed by atoms with Crippen LogP contribution in [0.1, 0.15) is 119 Å². The summed E-state index contributed by atoms with van der Waals surface area (Å²) in [6, 6.07) is 0. The first-order chi connectivity index (χ1) is 23.7. The van der Waals surface area contributed by atoms with Crippen molar-refractivity contribution in [3.63, 3.8) is 0 Å². The Bertz CT molecular complexity index is 1300. The van der Waals surface area contributed by atoms with Gasteiger partial charge in [0.2, 0.25) is 0 Å². The lowest BCUT2D eigenvalue weighted by atomic mass is 9.79. The number of hydrogen-bond acceptors (Lipinski definition) is 9. The van der Waals surface area contributed by atoms with Gasteiger partial charge in [0.1, 0.15) is 18.5 Å². The van der Waals surface area contributed by atoms with E-state index in [2.05, 4.69) is 39.5 Å². The Kier molecular flexibility index (Phi) is 12.7. The smallest absolute Gasteiger partial charge is 0.302 e. The average Bonchev–Trinajstić information content (AvgIpc) is 3.31. The summed E-state index contributed by atoms with van der Waals surface area (Å²) >= 11 is 0. The van der Waals surface area contributed by atoms with E-state index in [0.717, 1.165) is 56.0 Å². The minimum atomic E-state index is -0.946. The number of hydrogen-bond donors (Lipinski definition) is 1. The third-order valence-electron chi connectivity index (χ3n) is 12.2. The van der Waals surface area contributed by atoms with Crippen LogP contribution < -0.4 is 0 Å². The van der Waals surface area contributed by atoms with Gasteiger partial charge < -0.3 is 33.5 Å². The van der Waals surface area contributed by atoms with E-state index in [9.17, 15) is 14.7 Å². The predicted octanol–water partition coefficient (Wildman–Crippen LogP) is 7.05. The molecule has 0 aromatic carbocycles. The molecule has 0 saturated carbocycles. The molecule has 5 aliphatic heterocycles. The molecule has 5 aliphatic rings. The molecule has 0 aromatic heterocycles. The van der Waals surface area contributed by atoms with Gasteiger partial charge in [0, 0.05) is 19.8 Å². The van der Waals surface area contributed by atoms with Gasteiger partial charge in [-0.05, 0) is 110 Å². The summed E-state index contributed by atoms with van der Waals surface area (Å²) in [6.07, 6.45) is 15.8. The van der Waals surface area contributed by atoms with E-state index in [1.807, 2.05) is 26.8 Å². The fourth-order valence-corrected chi connectivity index (χ4v) is 8.93. The molecule has 5 fully saturated rings. The van der Waals surface area contributed by atoms with Gasteiger partial charge in [-0.1, -0.05) is 43.4 Å². The Morgan fingerprint density at radius 1 is 0.900 bits per heavy atom. The maximum absolute atomic E-state index is 12.5. The minimum Gasteiger partial charge on any atom is -0.460 e. The average molecular weight is 699 g/mol. The highest BCUT2D eigenvalue weighted by atomic mass is 16.6. The van der Waals surface area contributed by atoms with E-state index in [-0.39, 0.29) is 54.6 Å². The van der Waals surface area contributed by atoms with Gasteiger partial charge in [-0.2, -0.15) is 0 Å². The molecule has 0 aromatic rings. The molecule has 0 aliphatic carbocycles. The lowest BCUT2D eigenvalue weighted by Crippen LogP contribution is -2.59. The maximum atomic E-state index is 12.5. The first kappa shape index (κ1) is 39.1. The molecule has 9 nitrogen and oxygen atoms in total. The van der Waals surface area contributed by atoms with Crippen LogP contribution in [0.25, 0.3) is 0 Å². The molecule has 5 saturated heterocycles. The molecule has 280 valence electrons. The monoisotopic (exact) mass is 698 g/mol. The van der Waals surface area contributed by atoms with Gasteiger partial charge in [-0.3, -0.25) is 9.59 Å². The summed E-state index contributed by atoms with van der Waals surface area (Å²) < 4.78 is 40.7. The van der Waals surface area contributed by atoms with Crippen molar-refractivity contribution < 1.29 is 43.1 Å². The Morgan fingerprint density at radius 3 is 2.32 bits per heavy atom. The molecular formula is C41H62O9. The Hall–Kier alpha value is -2.14. The second-order valence-electron chi connectivity index (χ2n) is 16.3. The van der Waals surface area contributed by atoms with Crippen LogP contribution in [0.4, 0.5) is 0 Å². The van der Waals surface area contributed by atoms with Crippen molar-refractivity contribution in [2.24, 2.45) is 5.92 Å². The second-order valence-corrected chi connectivity index (χ2v) is 16.3. The van der Waals surface area contributed by atoms with Gasteiger partial charge in [0.15, 0.2) is 0 Å². The molecule has 5 rings (SSSR count). The maximum Gasteiger partial charge on any atom is 0.302 e. The standard InChI is InChI=1S/C41H62O9/c1-9-10-11-12-16-35-39(6,44)20-17-31-32(46-35)18-21-40(7)37(47-31)24-33-38(50-40)34(45-29(5)43)25-41(8)36(48-33)23-28(4)30(49-41)15-13-14-26(2)27(3)19-22-42/h9-11,14,19,22,28,30-38,44H,1,12-13,15-18,20-21,23-25H2,2-8H3/b11-10-,26-14+,27-19+. The lowest BCUT2D eigenvalue weighted by molar-refractivity contribution is -0.274. The minimum absolute atomic E-state index is 0.0106. The normalized spacial score (nSPS) is 44.0. The summed E-state index contributed by atoms with van der Waals surface area (Å²) in [4.78, 5) is 23.5. The SMILES string of the molecule is C=C/C=C\CCC1OC2CCC3(C)OC4C(OC(C)=O)CC5(C)OC(CC/C=C(C)/C(C)=C/C=O)C(C)CC5OC4CC3OC2CCC1(C)O. The zero-order chi connectivity index (χ0) is 36.3. The molecule has 5 heterocycles. The van der Waals surface area contributed by atoms with Crippen LogP contribution in [-0.4, -0.2) is 89.1 Å². The Morgan fingerprint density at radius 2 is 1.60 bits per heavy atom. The number of ether oxygens (including phenoxy) is 6. The Labute approximate surface area is 299 Å². The first-order valence-corrected chi connectivity index (χ1v) is 19.0. The van der Waals surface area contributed by atoms with Gasteiger partial charge >= 0.3 is 5.97 Å². The van der Waals surface area contributed by atoms with Crippen molar-refractivity contribution in [1.82, 2.24) is 0 Å². The number of esters is 1. The zero-order valence-electron chi connectivity index (χ0n) is 31.4. The quantitative estimate of drug-likeness (QED) is 0.111. The van der Waals surface area contributed by atoms with Crippen LogP contribution in [-0.2, 0) is 38.0 Å². The summed E-state index contributed by atoms with van der Waals surface area (Å²) in [5.41, 5.74) is -0.187. The van der Waals surface area contributed by atoms with Crippen molar-refractivity contribution >= 4 is 12.3 Å². The highest BCUT2D eigenvalue weighted by molar-refractivity contribution is 5.67. The summed E-state index contributed by atoms with van der Waals surface area (Å²) in [6.45, 7) is 17.5. The first-order valence-electron chi connectivity index (χ1n) is 19.0. The van der Waals surface area contributed by atoms with E-state index in [1.165, 1.54) is 6.92 Å². The molecule has 0 bridgehead atoms. The molecule has 0 radical (unpaired) electrons. The predicted molar refractivity (Wildman–Crippen MR) is 192 cm³/mol. The second kappa shape index (κ2) is 16.3. The molecule has 9 heteroatoms. The van der Waals surface area contributed by atoms with E-state index < -0.39 is 29.0 Å².